The molecule has 0 aliphatic heterocycles. The lowest BCUT2D eigenvalue weighted by atomic mass is 9.98. The van der Waals surface area contributed by atoms with Crippen molar-refractivity contribution in [1.29, 1.82) is 0 Å². The van der Waals surface area contributed by atoms with E-state index in [0.29, 0.717) is 10.4 Å². The maximum Gasteiger partial charge on any atom is 0.263 e. The van der Waals surface area contributed by atoms with E-state index in [9.17, 15) is 9.59 Å². The Morgan fingerprint density at radius 1 is 1.45 bits per heavy atom. The predicted molar refractivity (Wildman–Crippen MR) is 79.0 cm³/mol. The van der Waals surface area contributed by atoms with Crippen molar-refractivity contribution in [2.75, 3.05) is 0 Å². The van der Waals surface area contributed by atoms with Crippen molar-refractivity contribution in [1.82, 2.24) is 15.3 Å². The molecule has 0 saturated carbocycles. The summed E-state index contributed by atoms with van der Waals surface area (Å²) in [6, 6.07) is 3.42. The van der Waals surface area contributed by atoms with E-state index in [1.165, 1.54) is 11.3 Å². The van der Waals surface area contributed by atoms with Crippen molar-refractivity contribution >= 4 is 17.2 Å². The Morgan fingerprint density at radius 2 is 2.20 bits per heavy atom. The zero-order valence-corrected chi connectivity index (χ0v) is 12.5. The molecule has 2 N–H and O–H groups in total. The van der Waals surface area contributed by atoms with Gasteiger partial charge >= 0.3 is 0 Å². The highest BCUT2D eigenvalue weighted by atomic mass is 32.1. The molecule has 20 heavy (non-hydrogen) atoms. The molecular formula is C14H17N3O2S. The van der Waals surface area contributed by atoms with Gasteiger partial charge < -0.3 is 10.3 Å². The number of aromatic amines is 1. The van der Waals surface area contributed by atoms with E-state index in [4.69, 9.17) is 0 Å². The molecule has 0 spiro atoms. The van der Waals surface area contributed by atoms with Crippen molar-refractivity contribution in [3.05, 3.63) is 50.3 Å². The molecule has 0 saturated heterocycles. The lowest BCUT2D eigenvalue weighted by Gasteiger charge is -2.13. The first-order chi connectivity index (χ1) is 9.38. The normalized spacial score (nSPS) is 11.3. The molecule has 0 unspecified atom stereocenters. The molecule has 1 amide bonds. The highest BCUT2D eigenvalue weighted by Gasteiger charge is 2.20. The summed E-state index contributed by atoms with van der Waals surface area (Å²) < 4.78 is 0. The number of thiazole rings is 1. The Bertz CT molecular complexity index is 667. The molecule has 106 valence electrons. The summed E-state index contributed by atoms with van der Waals surface area (Å²) in [4.78, 5) is 30.9. The highest BCUT2D eigenvalue weighted by Crippen LogP contribution is 2.26. The van der Waals surface area contributed by atoms with Crippen LogP contribution in [0.5, 0.6) is 0 Å². The predicted octanol–water partition coefficient (Wildman–Crippen LogP) is 2.06. The Hall–Kier alpha value is -1.95. The molecule has 2 aromatic heterocycles. The number of carbonyl (C=O) groups is 1. The monoisotopic (exact) mass is 291 g/mol. The fourth-order valence-corrected chi connectivity index (χ4v) is 2.47. The van der Waals surface area contributed by atoms with Crippen molar-refractivity contribution in [3.8, 4) is 0 Å². The SMILES string of the molecule is CC(C)(C)c1ncc(C(=O)NCc2ccc[nH]c2=O)s1. The zero-order valence-electron chi connectivity index (χ0n) is 11.7. The van der Waals surface area contributed by atoms with E-state index < -0.39 is 0 Å². The summed E-state index contributed by atoms with van der Waals surface area (Å²) in [6.07, 6.45) is 3.14. The van der Waals surface area contributed by atoms with Crippen LogP contribution in [0.2, 0.25) is 0 Å². The van der Waals surface area contributed by atoms with Crippen LogP contribution in [0.25, 0.3) is 0 Å². The first-order valence-corrected chi connectivity index (χ1v) is 7.10. The van der Waals surface area contributed by atoms with Gasteiger partial charge in [0.15, 0.2) is 0 Å². The van der Waals surface area contributed by atoms with Crippen LogP contribution in [-0.4, -0.2) is 15.9 Å². The number of nitrogens with zero attached hydrogens (tertiary/aromatic N) is 1. The van der Waals surface area contributed by atoms with Gasteiger partial charge in [-0.15, -0.1) is 11.3 Å². The van der Waals surface area contributed by atoms with Crippen LogP contribution in [0.4, 0.5) is 0 Å². The molecule has 0 aliphatic rings. The lowest BCUT2D eigenvalue weighted by molar-refractivity contribution is 0.0954. The van der Waals surface area contributed by atoms with Crippen molar-refractivity contribution < 1.29 is 4.79 Å². The molecule has 0 bridgehead atoms. The number of H-pyrrole nitrogens is 1. The van der Waals surface area contributed by atoms with Crippen LogP contribution in [0.1, 0.15) is 41.0 Å². The van der Waals surface area contributed by atoms with E-state index in [0.717, 1.165) is 5.01 Å². The summed E-state index contributed by atoms with van der Waals surface area (Å²) in [6.45, 7) is 6.36. The van der Waals surface area contributed by atoms with Crippen molar-refractivity contribution in [3.63, 3.8) is 0 Å². The molecule has 0 atom stereocenters. The van der Waals surface area contributed by atoms with Gasteiger partial charge in [0.2, 0.25) is 0 Å². The molecule has 6 heteroatoms. The van der Waals surface area contributed by atoms with Gasteiger partial charge in [0, 0.05) is 23.7 Å². The molecule has 0 fully saturated rings. The van der Waals surface area contributed by atoms with Gasteiger partial charge in [-0.05, 0) is 6.07 Å². The summed E-state index contributed by atoms with van der Waals surface area (Å²) in [5.74, 6) is -0.207. The number of rotatable bonds is 3. The second-order valence-corrected chi connectivity index (χ2v) is 6.52. The second kappa shape index (κ2) is 5.58. The molecule has 2 heterocycles. The van der Waals surface area contributed by atoms with Gasteiger partial charge in [-0.1, -0.05) is 26.8 Å². The molecule has 0 aliphatic carbocycles. The minimum absolute atomic E-state index is 0.0697. The van der Waals surface area contributed by atoms with Crippen LogP contribution in [0.15, 0.2) is 29.3 Å². The summed E-state index contributed by atoms with van der Waals surface area (Å²) in [5.41, 5.74) is 0.272. The standard InChI is InChI=1S/C14H17N3O2S/c1-14(2,3)13-17-8-10(20-13)12(19)16-7-9-5-4-6-15-11(9)18/h4-6,8H,7H2,1-3H3,(H,15,18)(H,16,19). The van der Waals surface area contributed by atoms with Crippen LogP contribution in [0, 0.1) is 0 Å². The lowest BCUT2D eigenvalue weighted by Crippen LogP contribution is -2.25. The van der Waals surface area contributed by atoms with Crippen LogP contribution >= 0.6 is 11.3 Å². The molecule has 5 nitrogen and oxygen atoms in total. The number of hydrogen-bond donors (Lipinski definition) is 2. The zero-order chi connectivity index (χ0) is 14.8. The quantitative estimate of drug-likeness (QED) is 0.909. The van der Waals surface area contributed by atoms with E-state index in [1.807, 2.05) is 0 Å². The third kappa shape index (κ3) is 3.33. The van der Waals surface area contributed by atoms with Crippen LogP contribution in [0.3, 0.4) is 0 Å². The summed E-state index contributed by atoms with van der Waals surface area (Å²) >= 11 is 1.38. The number of aromatic nitrogens is 2. The number of pyridine rings is 1. The summed E-state index contributed by atoms with van der Waals surface area (Å²) in [7, 11) is 0. The van der Waals surface area contributed by atoms with Gasteiger partial charge in [0.1, 0.15) is 4.88 Å². The van der Waals surface area contributed by atoms with Gasteiger partial charge in [0.25, 0.3) is 11.5 Å². The van der Waals surface area contributed by atoms with E-state index in [1.54, 1.807) is 24.5 Å². The minimum atomic E-state index is -0.207. The number of nitrogens with one attached hydrogen (secondary N) is 2. The number of amides is 1. The van der Waals surface area contributed by atoms with E-state index in [2.05, 4.69) is 36.1 Å². The largest absolute Gasteiger partial charge is 0.347 e. The maximum absolute atomic E-state index is 12.0. The molecule has 0 aromatic carbocycles. The van der Waals surface area contributed by atoms with Gasteiger partial charge in [0.05, 0.1) is 11.2 Å². The Morgan fingerprint density at radius 3 is 2.80 bits per heavy atom. The Kier molecular flexibility index (Phi) is 4.04. The summed E-state index contributed by atoms with van der Waals surface area (Å²) in [5, 5.41) is 3.65. The van der Waals surface area contributed by atoms with Gasteiger partial charge in [-0.3, -0.25) is 9.59 Å². The number of carbonyl (C=O) groups excluding carboxylic acids is 1. The molecule has 2 aromatic rings. The number of hydrogen-bond acceptors (Lipinski definition) is 4. The third-order valence-corrected chi connectivity index (χ3v) is 4.13. The third-order valence-electron chi connectivity index (χ3n) is 2.71. The van der Waals surface area contributed by atoms with Crippen molar-refractivity contribution in [2.45, 2.75) is 32.7 Å². The highest BCUT2D eigenvalue weighted by molar-refractivity contribution is 7.13. The first kappa shape index (κ1) is 14.5. The first-order valence-electron chi connectivity index (χ1n) is 6.29. The molecule has 2 rings (SSSR count). The minimum Gasteiger partial charge on any atom is -0.347 e. The van der Waals surface area contributed by atoms with E-state index >= 15 is 0 Å². The fourth-order valence-electron chi connectivity index (χ4n) is 1.58. The smallest absolute Gasteiger partial charge is 0.263 e. The maximum atomic E-state index is 12.0. The van der Waals surface area contributed by atoms with Gasteiger partial charge in [-0.2, -0.15) is 0 Å². The van der Waals surface area contributed by atoms with Gasteiger partial charge in [-0.25, -0.2) is 4.98 Å². The van der Waals surface area contributed by atoms with Crippen LogP contribution < -0.4 is 10.9 Å². The Balaban J connectivity index is 2.04. The van der Waals surface area contributed by atoms with Crippen molar-refractivity contribution in [2.24, 2.45) is 0 Å². The topological polar surface area (TPSA) is 74.8 Å². The molecular weight excluding hydrogens is 274 g/mol. The van der Waals surface area contributed by atoms with E-state index in [-0.39, 0.29) is 23.4 Å². The average Bonchev–Trinajstić information content (AvgIpc) is 2.87. The fraction of sp³-hybridized carbons (Fsp3) is 0.357. The molecule has 0 radical (unpaired) electrons. The second-order valence-electron chi connectivity index (χ2n) is 5.49. The average molecular weight is 291 g/mol. The van der Waals surface area contributed by atoms with Crippen LogP contribution in [-0.2, 0) is 12.0 Å². The Labute approximate surface area is 121 Å².